The number of aryl methyl sites for hydroxylation is 1. The second-order valence-corrected chi connectivity index (χ2v) is 8.84. The summed E-state index contributed by atoms with van der Waals surface area (Å²) in [5, 5.41) is 13.9. The number of alkyl halides is 3. The van der Waals surface area contributed by atoms with E-state index in [-0.39, 0.29) is 12.5 Å². The van der Waals surface area contributed by atoms with Gasteiger partial charge in [0.15, 0.2) is 5.65 Å². The Morgan fingerprint density at radius 1 is 1.24 bits per heavy atom. The molecule has 0 aliphatic carbocycles. The van der Waals surface area contributed by atoms with E-state index < -0.39 is 17.8 Å². The van der Waals surface area contributed by atoms with E-state index in [2.05, 4.69) is 10.3 Å². The Morgan fingerprint density at radius 2 is 1.97 bits per heavy atom. The van der Waals surface area contributed by atoms with Crippen molar-refractivity contribution in [1.82, 2.24) is 14.9 Å². The highest BCUT2D eigenvalue weighted by molar-refractivity contribution is 7.19. The number of nitrogens with one attached hydrogen (secondary N) is 1. The predicted octanol–water partition coefficient (Wildman–Crippen LogP) is 4.69. The summed E-state index contributed by atoms with van der Waals surface area (Å²) in [6.07, 6.45) is -3.94. The van der Waals surface area contributed by atoms with Gasteiger partial charge in [0.25, 0.3) is 5.91 Å². The molecule has 0 radical (unpaired) electrons. The smallest absolute Gasteiger partial charge is 0.394 e. The Hall–Kier alpha value is -2.95. The van der Waals surface area contributed by atoms with Crippen LogP contribution < -0.4 is 5.32 Å². The number of methoxy groups -OCH3 is 1. The molecule has 0 spiro atoms. The number of thiazole rings is 1. The van der Waals surface area contributed by atoms with Gasteiger partial charge in [0.2, 0.25) is 0 Å². The molecule has 0 saturated carbocycles. The van der Waals surface area contributed by atoms with E-state index in [0.717, 1.165) is 32.7 Å². The van der Waals surface area contributed by atoms with Gasteiger partial charge in [-0.15, -0.1) is 11.3 Å². The van der Waals surface area contributed by atoms with Gasteiger partial charge in [-0.2, -0.15) is 13.2 Å². The normalized spacial score (nSPS) is 13.0. The zero-order valence-corrected chi connectivity index (χ0v) is 18.8. The minimum absolute atomic E-state index is 0.208. The Balaban J connectivity index is 1.76. The zero-order valence-electron chi connectivity index (χ0n) is 17.9. The average molecular weight is 478 g/mol. The van der Waals surface area contributed by atoms with Crippen molar-refractivity contribution in [3.05, 3.63) is 58.6 Å². The first-order chi connectivity index (χ1) is 15.7. The number of fused-ring (bicyclic) bond motifs is 3. The number of amides is 1. The van der Waals surface area contributed by atoms with Crippen molar-refractivity contribution in [3.8, 4) is 5.69 Å². The molecule has 2 aromatic heterocycles. The summed E-state index contributed by atoms with van der Waals surface area (Å²) in [6.45, 7) is 2.05. The minimum atomic E-state index is -4.41. The fourth-order valence-corrected chi connectivity index (χ4v) is 4.64. The molecule has 4 rings (SSSR count). The van der Waals surface area contributed by atoms with Crippen molar-refractivity contribution >= 4 is 38.5 Å². The van der Waals surface area contributed by atoms with Crippen molar-refractivity contribution < 1.29 is 27.8 Å². The van der Waals surface area contributed by atoms with Gasteiger partial charge in [0.1, 0.15) is 0 Å². The van der Waals surface area contributed by atoms with Crippen LogP contribution in [0.3, 0.4) is 0 Å². The van der Waals surface area contributed by atoms with E-state index in [1.807, 2.05) is 6.92 Å². The van der Waals surface area contributed by atoms with Crippen molar-refractivity contribution in [1.29, 1.82) is 0 Å². The number of benzene rings is 2. The Morgan fingerprint density at radius 3 is 2.61 bits per heavy atom. The van der Waals surface area contributed by atoms with E-state index in [1.165, 1.54) is 23.5 Å². The first-order valence-corrected chi connectivity index (χ1v) is 11.0. The molecule has 174 valence electrons. The largest absolute Gasteiger partial charge is 0.416 e. The van der Waals surface area contributed by atoms with Crippen molar-refractivity contribution in [2.75, 3.05) is 20.3 Å². The molecular weight excluding hydrogens is 455 g/mol. The van der Waals surface area contributed by atoms with E-state index in [9.17, 15) is 23.1 Å². The maximum atomic E-state index is 13.0. The van der Waals surface area contributed by atoms with Crippen LogP contribution in [0.15, 0.2) is 42.5 Å². The van der Waals surface area contributed by atoms with Gasteiger partial charge in [0, 0.05) is 30.4 Å². The lowest BCUT2D eigenvalue weighted by Gasteiger charge is -2.16. The van der Waals surface area contributed by atoms with Gasteiger partial charge < -0.3 is 15.2 Å². The maximum absolute atomic E-state index is 13.0. The molecule has 1 amide bonds. The van der Waals surface area contributed by atoms with Crippen LogP contribution >= 0.6 is 11.3 Å². The van der Waals surface area contributed by atoms with E-state index in [4.69, 9.17) is 4.74 Å². The zero-order chi connectivity index (χ0) is 23.8. The summed E-state index contributed by atoms with van der Waals surface area (Å²) >= 11 is 1.45. The number of hydrogen-bond donors (Lipinski definition) is 2. The van der Waals surface area contributed by atoms with Crippen LogP contribution in [0.1, 0.15) is 27.3 Å². The molecule has 0 saturated heterocycles. The van der Waals surface area contributed by atoms with Crippen LogP contribution in [0.2, 0.25) is 0 Å². The van der Waals surface area contributed by atoms with Gasteiger partial charge in [-0.3, -0.25) is 9.36 Å². The quantitative estimate of drug-likeness (QED) is 0.405. The lowest BCUT2D eigenvalue weighted by atomic mass is 10.1. The Labute approximate surface area is 191 Å². The molecule has 0 fully saturated rings. The number of aliphatic hydroxyl groups is 1. The third kappa shape index (κ3) is 4.59. The highest BCUT2D eigenvalue weighted by Crippen LogP contribution is 2.37. The lowest BCUT2D eigenvalue weighted by molar-refractivity contribution is -0.137. The van der Waals surface area contributed by atoms with Crippen LogP contribution in [0.5, 0.6) is 0 Å². The molecule has 10 heteroatoms. The van der Waals surface area contributed by atoms with Gasteiger partial charge >= 0.3 is 6.18 Å². The first-order valence-electron chi connectivity index (χ1n) is 10.2. The van der Waals surface area contributed by atoms with E-state index in [0.29, 0.717) is 29.9 Å². The Kier molecular flexibility index (Phi) is 6.42. The van der Waals surface area contributed by atoms with Crippen LogP contribution in [0.4, 0.5) is 13.2 Å². The molecule has 2 N–H and O–H groups in total. The van der Waals surface area contributed by atoms with Gasteiger partial charge in [0.05, 0.1) is 33.4 Å². The van der Waals surface area contributed by atoms with Crippen molar-refractivity contribution in [2.45, 2.75) is 25.6 Å². The summed E-state index contributed by atoms with van der Waals surface area (Å²) < 4.78 is 46.6. The van der Waals surface area contributed by atoms with Crippen molar-refractivity contribution in [3.63, 3.8) is 0 Å². The number of hydrogen-bond acceptors (Lipinski definition) is 5. The number of halogens is 3. The molecule has 2 heterocycles. The van der Waals surface area contributed by atoms with Crippen molar-refractivity contribution in [2.24, 2.45) is 0 Å². The topological polar surface area (TPSA) is 76.4 Å². The average Bonchev–Trinajstić information content (AvgIpc) is 3.30. The maximum Gasteiger partial charge on any atom is 0.416 e. The Bertz CT molecular complexity index is 1300. The highest BCUT2D eigenvalue weighted by Gasteiger charge is 2.30. The number of ether oxygens (including phenoxy) is 1. The molecule has 0 unspecified atom stereocenters. The first kappa shape index (κ1) is 23.2. The van der Waals surface area contributed by atoms with Crippen LogP contribution in [-0.2, 0) is 10.9 Å². The second kappa shape index (κ2) is 9.12. The number of carbonyl (C=O) groups is 1. The third-order valence-corrected chi connectivity index (χ3v) is 6.34. The summed E-state index contributed by atoms with van der Waals surface area (Å²) in [7, 11) is 1.55. The number of aromatic nitrogens is 2. The molecule has 6 nitrogen and oxygen atoms in total. The summed E-state index contributed by atoms with van der Waals surface area (Å²) in [6, 6.07) is 9.64. The fraction of sp³-hybridized carbons (Fsp3) is 0.304. The third-order valence-electron chi connectivity index (χ3n) is 5.35. The summed E-state index contributed by atoms with van der Waals surface area (Å²) in [5.74, 6) is -0.330. The minimum Gasteiger partial charge on any atom is -0.394 e. The standard InChI is InChI=1S/C23H22F3N3O3S/c1-13-27-21-20(33-13)18-11-14(22(31)28-16(12-30)9-10-32-2)3-8-19(18)29(21)17-6-4-15(5-7-17)23(24,25)26/h3-8,11,16,30H,9-10,12H2,1-2H3,(H,28,31)/t16-/m1/s1. The van der Waals surface area contributed by atoms with Gasteiger partial charge in [-0.1, -0.05) is 0 Å². The van der Waals surface area contributed by atoms with Crippen LogP contribution in [0, 0.1) is 6.92 Å². The molecule has 0 aliphatic rings. The van der Waals surface area contributed by atoms with E-state index >= 15 is 0 Å². The predicted molar refractivity (Wildman–Crippen MR) is 121 cm³/mol. The van der Waals surface area contributed by atoms with Crippen LogP contribution in [-0.4, -0.2) is 46.9 Å². The number of carbonyl (C=O) groups excluding carboxylic acids is 1. The van der Waals surface area contributed by atoms with E-state index in [1.54, 1.807) is 29.9 Å². The summed E-state index contributed by atoms with van der Waals surface area (Å²) in [4.78, 5) is 17.4. The highest BCUT2D eigenvalue weighted by atomic mass is 32.1. The molecule has 1 atom stereocenters. The fourth-order valence-electron chi connectivity index (χ4n) is 3.71. The lowest BCUT2D eigenvalue weighted by Crippen LogP contribution is -2.38. The van der Waals surface area contributed by atoms with Gasteiger partial charge in [-0.25, -0.2) is 4.98 Å². The SMILES string of the molecule is COCC[C@H](CO)NC(=O)c1ccc2c(c1)c1sc(C)nc1n2-c1ccc(C(F)(F)F)cc1. The monoisotopic (exact) mass is 477 g/mol. The molecule has 2 aromatic carbocycles. The molecule has 4 aromatic rings. The molecular formula is C23H22F3N3O3S. The molecule has 0 aliphatic heterocycles. The second-order valence-electron chi connectivity index (χ2n) is 7.63. The number of rotatable bonds is 7. The van der Waals surface area contributed by atoms with Crippen LogP contribution in [0.25, 0.3) is 26.9 Å². The molecule has 0 bridgehead atoms. The number of nitrogens with zero attached hydrogens (tertiary/aromatic N) is 2. The summed E-state index contributed by atoms with van der Waals surface area (Å²) in [5.41, 5.74) is 1.59. The van der Waals surface area contributed by atoms with Gasteiger partial charge in [-0.05, 0) is 55.8 Å². The number of aliphatic hydroxyl groups excluding tert-OH is 1. The molecule has 33 heavy (non-hydrogen) atoms.